The Labute approximate surface area is 706 Å². The van der Waals surface area contributed by atoms with Gasteiger partial charge >= 0.3 is 0 Å². The smallest absolute Gasteiger partial charge is 0.186 e. The molecule has 8 bridgehead atoms. The van der Waals surface area contributed by atoms with Crippen LogP contribution in [-0.4, -0.2) is 41.4 Å². The van der Waals surface area contributed by atoms with Gasteiger partial charge in [-0.1, -0.05) is 327 Å². The lowest BCUT2D eigenvalue weighted by molar-refractivity contribution is -0.114. The number of allylic oxidation sites excluding steroid dienone is 20. The predicted octanol–water partition coefficient (Wildman–Crippen LogP) is 27.3. The fourth-order valence-corrected chi connectivity index (χ4v) is 17.1. The van der Waals surface area contributed by atoms with E-state index < -0.39 is 43.3 Å². The minimum absolute atomic E-state index is 0.0381. The van der Waals surface area contributed by atoms with Gasteiger partial charge in [0.05, 0.1) is 45.6 Å². The fraction of sp³-hybridized carbons (Fsp3) is 0.382. The number of carbonyl (C=O) groups is 4. The van der Waals surface area contributed by atoms with Crippen LogP contribution in [0.3, 0.4) is 0 Å². The average molecular weight is 1570 g/mol. The summed E-state index contributed by atoms with van der Waals surface area (Å²) in [6.07, 6.45) is 23.1. The largest absolute Gasteiger partial charge is 0.336 e. The van der Waals surface area contributed by atoms with Crippen LogP contribution in [0.5, 0.6) is 0 Å². The quantitative estimate of drug-likeness (QED) is 0.121. The summed E-state index contributed by atoms with van der Waals surface area (Å²) in [4.78, 5) is 62.6. The normalized spacial score (nSPS) is 16.3. The van der Waals surface area contributed by atoms with E-state index in [1.807, 2.05) is 0 Å². The van der Waals surface area contributed by atoms with Gasteiger partial charge in [-0.25, -0.2) is 0 Å². The first-order valence-electron chi connectivity index (χ1n) is 43.1. The highest BCUT2D eigenvalue weighted by molar-refractivity contribution is 6.16. The van der Waals surface area contributed by atoms with Crippen LogP contribution in [0.2, 0.25) is 0 Å². The number of Topliss-reactive ketones (excluding diaryl/α,β-unsaturated/α-hetero) is 4. The minimum Gasteiger partial charge on any atom is -0.336 e. The first kappa shape index (κ1) is 86.9. The molecule has 0 radical (unpaired) electrons. The number of aromatic nitrogens is 4. The van der Waals surface area contributed by atoms with Gasteiger partial charge in [-0.05, 0) is 185 Å². The number of rotatable bonds is 11. The molecule has 8 nitrogen and oxygen atoms in total. The van der Waals surface area contributed by atoms with Gasteiger partial charge in [0.1, 0.15) is 0 Å². The molecular weight excluding hydrogens is 1440 g/mol. The number of benzene rings is 4. The lowest BCUT2D eigenvalue weighted by Crippen LogP contribution is -2.28. The van der Waals surface area contributed by atoms with Crippen LogP contribution in [0.4, 0.5) is 0 Å². The van der Waals surface area contributed by atoms with E-state index in [0.29, 0.717) is 26.2 Å². The van der Waals surface area contributed by atoms with Gasteiger partial charge < -0.3 is 18.3 Å². The zero-order valence-electron chi connectivity index (χ0n) is 75.9. The van der Waals surface area contributed by atoms with Crippen LogP contribution < -0.4 is 0 Å². The topological polar surface area (TPSA) is 88.0 Å². The Morgan fingerprint density at radius 1 is 0.203 bits per heavy atom. The van der Waals surface area contributed by atoms with Crippen molar-refractivity contribution < 1.29 is 19.2 Å². The van der Waals surface area contributed by atoms with E-state index in [9.17, 15) is 0 Å². The first-order valence-corrected chi connectivity index (χ1v) is 43.1. The van der Waals surface area contributed by atoms with Crippen molar-refractivity contribution in [1.29, 1.82) is 0 Å². The van der Waals surface area contributed by atoms with Crippen molar-refractivity contribution in [3.8, 4) is 0 Å². The predicted molar refractivity (Wildman–Crippen MR) is 494 cm³/mol. The number of hydrogen-bond acceptors (Lipinski definition) is 4. The molecule has 0 unspecified atom stereocenters. The van der Waals surface area contributed by atoms with Crippen LogP contribution in [0.15, 0.2) is 285 Å². The standard InChI is InChI=1S/C104H116N4O4.C6H14/c1-97(2,3)73-53-69(54-74(93(73)109)98(4,5)6)89-81-45-47-83(105(81)61-65-37-29-25-30-38-65)90(70-55-75(99(7,8)9)94(110)76(56-70)100(10,11)12)85-49-51-87(107(85)63-67-41-33-27-34-42-67)92(72-59-79(103(19,20)21)96(112)80(60-72)104(22,23)24)88-52-50-86(108(88)64-68-43-35-28-36-44-68)91(84-48-46-82(89)106(84)62-66-39-31-26-32-40-66)71-57-77(101(13,14)15)95(111)78(58-71)102(16,17)18;1-3-5-6-4-2/h25-60H,61-64H2,1-24H3;3-6H2,1-2H3. The SMILES string of the molecule is CC(C)(C)C1=CC(=C2c3ccc(n3Cc3ccccc3)C(=C3C=C(C(C)(C)C)C(=O)C(C(C)(C)C)=C3)c3ccc(n3Cc3ccccc3)C(=C3C=C(C(C)(C)C)C(=O)C(C(C)(C)C)=C3)c3ccc(n3Cc3ccccc3)C(=C3C=C(C(C)(C)C)C(=O)C(C(C)(C)C)=C3)c3ccc2n3Cc2ccccc2)C=C(C(C)(C)C)C1=O.CCCCCC. The Bertz CT molecular complexity index is 4710. The Balaban J connectivity index is 0.00000206. The maximum atomic E-state index is 15.6. The lowest BCUT2D eigenvalue weighted by Gasteiger charge is -2.33. The highest BCUT2D eigenvalue weighted by Gasteiger charge is 2.43. The Kier molecular flexibility index (Phi) is 24.3. The Hall–Kier alpha value is -10.4. The molecule has 614 valence electrons. The van der Waals surface area contributed by atoms with Crippen molar-refractivity contribution >= 4 is 45.4 Å². The molecule has 0 saturated heterocycles. The Morgan fingerprint density at radius 2 is 0.339 bits per heavy atom. The molecule has 0 saturated carbocycles. The van der Waals surface area contributed by atoms with Crippen LogP contribution in [0.1, 0.15) is 274 Å². The molecule has 0 fully saturated rings. The van der Waals surface area contributed by atoms with Gasteiger partial charge in [0.15, 0.2) is 23.1 Å². The van der Waals surface area contributed by atoms with Gasteiger partial charge in [0, 0.05) is 93.1 Å². The molecular formula is C110H130N4O4. The number of hydrogen-bond donors (Lipinski definition) is 0. The van der Waals surface area contributed by atoms with Crippen LogP contribution in [0.25, 0.3) is 22.3 Å². The molecule has 4 aliphatic carbocycles. The minimum atomic E-state index is -0.575. The summed E-state index contributed by atoms with van der Waals surface area (Å²) in [5, 5.41) is 0. The third-order valence-corrected chi connectivity index (χ3v) is 23.6. The summed E-state index contributed by atoms with van der Waals surface area (Å²) in [6, 6.07) is 61.5. The molecule has 4 aromatic heterocycles. The zero-order valence-corrected chi connectivity index (χ0v) is 75.9. The van der Waals surface area contributed by atoms with E-state index in [-0.39, 0.29) is 23.1 Å². The van der Waals surface area contributed by atoms with E-state index in [2.05, 4.69) is 417 Å². The number of nitrogens with zero attached hydrogens (tertiary/aromatic N) is 4. The first-order chi connectivity index (χ1) is 55.2. The average Bonchev–Trinajstić information content (AvgIpc) is 1.51. The second-order valence-electron chi connectivity index (χ2n) is 41.5. The number of ketones is 4. The number of carbonyl (C=O) groups excluding carboxylic acids is 4. The molecule has 4 aromatic carbocycles. The van der Waals surface area contributed by atoms with Crippen molar-refractivity contribution in [2.24, 2.45) is 43.3 Å². The highest BCUT2D eigenvalue weighted by atomic mass is 16.1. The fourth-order valence-electron chi connectivity index (χ4n) is 17.1. The van der Waals surface area contributed by atoms with Crippen LogP contribution >= 0.6 is 0 Å². The molecule has 0 amide bonds. The maximum Gasteiger partial charge on any atom is 0.186 e. The van der Waals surface area contributed by atoms with E-state index in [1.165, 1.54) is 25.7 Å². The molecule has 8 heteroatoms. The second-order valence-corrected chi connectivity index (χ2v) is 41.5. The van der Waals surface area contributed by atoms with E-state index >= 15 is 19.2 Å². The second kappa shape index (κ2) is 33.0. The number of unbranched alkanes of at least 4 members (excludes halogenated alkanes) is 3. The van der Waals surface area contributed by atoms with Crippen molar-refractivity contribution in [3.05, 3.63) is 353 Å². The van der Waals surface area contributed by atoms with Crippen molar-refractivity contribution in [2.45, 2.75) is 232 Å². The molecule has 0 N–H and O–H groups in total. The monoisotopic (exact) mass is 1570 g/mol. The summed E-state index contributed by atoms with van der Waals surface area (Å²) in [5.41, 5.74) is 20.1. The van der Waals surface area contributed by atoms with E-state index in [1.54, 1.807) is 0 Å². The van der Waals surface area contributed by atoms with E-state index in [0.717, 1.165) is 157 Å². The molecule has 0 atom stereocenters. The molecule has 0 spiro atoms. The molecule has 118 heavy (non-hydrogen) atoms. The third-order valence-electron chi connectivity index (χ3n) is 23.6. The van der Waals surface area contributed by atoms with Crippen molar-refractivity contribution in [1.82, 2.24) is 18.3 Å². The van der Waals surface area contributed by atoms with Crippen LogP contribution in [0, 0.1) is 43.3 Å². The summed E-state index contributed by atoms with van der Waals surface area (Å²) in [6.45, 7) is 57.8. The summed E-state index contributed by atoms with van der Waals surface area (Å²) in [7, 11) is 0. The van der Waals surface area contributed by atoms with Gasteiger partial charge in [-0.2, -0.15) is 0 Å². The maximum absolute atomic E-state index is 15.6. The molecule has 1 aliphatic heterocycles. The number of fused-ring (bicyclic) bond motifs is 8. The van der Waals surface area contributed by atoms with Crippen molar-refractivity contribution in [3.63, 3.8) is 0 Å². The van der Waals surface area contributed by atoms with Gasteiger partial charge in [0.2, 0.25) is 0 Å². The third kappa shape index (κ3) is 18.1. The van der Waals surface area contributed by atoms with Crippen LogP contribution in [-0.2, 0) is 45.4 Å². The Morgan fingerprint density at radius 3 is 0.458 bits per heavy atom. The van der Waals surface area contributed by atoms with Crippen molar-refractivity contribution in [2.75, 3.05) is 0 Å². The van der Waals surface area contributed by atoms with Gasteiger partial charge in [-0.3, -0.25) is 19.2 Å². The summed E-state index contributed by atoms with van der Waals surface area (Å²) < 4.78 is 10.1. The summed E-state index contributed by atoms with van der Waals surface area (Å²) in [5.74, 6) is 0.152. The summed E-state index contributed by atoms with van der Waals surface area (Å²) >= 11 is 0. The molecule has 8 aromatic rings. The molecule has 13 rings (SSSR count). The zero-order chi connectivity index (χ0) is 85.9. The lowest BCUT2D eigenvalue weighted by atomic mass is 9.71. The highest BCUT2D eigenvalue weighted by Crippen LogP contribution is 2.51. The molecule has 5 aliphatic rings. The van der Waals surface area contributed by atoms with Gasteiger partial charge in [-0.15, -0.1) is 0 Å². The molecule has 5 heterocycles. The van der Waals surface area contributed by atoms with E-state index in [4.69, 9.17) is 0 Å². The van der Waals surface area contributed by atoms with Gasteiger partial charge in [0.25, 0.3) is 0 Å².